The lowest BCUT2D eigenvalue weighted by Gasteiger charge is -2.25. The molecule has 0 aliphatic carbocycles. The number of methoxy groups -OCH3 is 1. The molecular weight excluding hydrogens is 312 g/mol. The summed E-state index contributed by atoms with van der Waals surface area (Å²) < 4.78 is 9.82. The molecule has 1 aliphatic heterocycles. The summed E-state index contributed by atoms with van der Waals surface area (Å²) in [5.41, 5.74) is 0.842. The third-order valence-corrected chi connectivity index (χ3v) is 3.91. The van der Waals surface area contributed by atoms with Crippen molar-refractivity contribution in [1.29, 1.82) is 0 Å². The van der Waals surface area contributed by atoms with Crippen LogP contribution < -0.4 is 10.6 Å². The summed E-state index contributed by atoms with van der Waals surface area (Å²) in [6.07, 6.45) is 1.01. The average molecular weight is 334 g/mol. The highest BCUT2D eigenvalue weighted by Crippen LogP contribution is 2.18. The van der Waals surface area contributed by atoms with Crippen LogP contribution in [0.4, 0.5) is 4.79 Å². The standard InChI is InChI=1S/C17H22N2O5/c1-23-16(21)14(10-13-8-5-9-18-15(13)20)19-17(22)24-11-12-6-3-2-4-7-12/h2-4,6-7,13-14H,5,8-11H2,1H3,(H,18,20)(H,19,22)/t13-,14?/m0/s1. The van der Waals surface area contributed by atoms with Crippen molar-refractivity contribution in [3.05, 3.63) is 35.9 Å². The zero-order valence-corrected chi connectivity index (χ0v) is 13.6. The monoisotopic (exact) mass is 334 g/mol. The maximum absolute atomic E-state index is 11.9. The Morgan fingerprint density at radius 2 is 2.08 bits per heavy atom. The Labute approximate surface area is 140 Å². The Kier molecular flexibility index (Phi) is 6.60. The van der Waals surface area contributed by atoms with Crippen molar-refractivity contribution < 1.29 is 23.9 Å². The zero-order valence-electron chi connectivity index (χ0n) is 13.6. The Hall–Kier alpha value is -2.57. The topological polar surface area (TPSA) is 93.7 Å². The van der Waals surface area contributed by atoms with E-state index in [1.54, 1.807) is 0 Å². The van der Waals surface area contributed by atoms with E-state index in [0.717, 1.165) is 12.0 Å². The number of hydrogen-bond donors (Lipinski definition) is 2. The van der Waals surface area contributed by atoms with Crippen molar-refractivity contribution in [3.63, 3.8) is 0 Å². The number of amides is 2. The fourth-order valence-corrected chi connectivity index (χ4v) is 2.61. The Morgan fingerprint density at radius 1 is 1.33 bits per heavy atom. The average Bonchev–Trinajstić information content (AvgIpc) is 2.61. The van der Waals surface area contributed by atoms with E-state index in [2.05, 4.69) is 10.6 Å². The van der Waals surface area contributed by atoms with Crippen LogP contribution in [0.25, 0.3) is 0 Å². The number of piperidine rings is 1. The Bertz CT molecular complexity index is 576. The highest BCUT2D eigenvalue weighted by Gasteiger charge is 2.31. The van der Waals surface area contributed by atoms with Gasteiger partial charge in [0.25, 0.3) is 0 Å². The second-order valence-electron chi connectivity index (χ2n) is 5.65. The Balaban J connectivity index is 1.89. The first-order chi connectivity index (χ1) is 11.6. The largest absolute Gasteiger partial charge is 0.467 e. The molecule has 0 aromatic heterocycles. The molecule has 2 amide bonds. The van der Waals surface area contributed by atoms with Crippen LogP contribution in [0.5, 0.6) is 0 Å². The molecule has 1 unspecified atom stereocenters. The molecule has 7 heteroatoms. The van der Waals surface area contributed by atoms with Gasteiger partial charge in [0.2, 0.25) is 5.91 Å². The van der Waals surface area contributed by atoms with E-state index in [0.29, 0.717) is 13.0 Å². The second kappa shape index (κ2) is 8.90. The van der Waals surface area contributed by atoms with Crippen LogP contribution in [0.3, 0.4) is 0 Å². The smallest absolute Gasteiger partial charge is 0.408 e. The molecule has 1 heterocycles. The first-order valence-electron chi connectivity index (χ1n) is 7.93. The summed E-state index contributed by atoms with van der Waals surface area (Å²) in [7, 11) is 1.24. The maximum atomic E-state index is 11.9. The molecule has 130 valence electrons. The fraction of sp³-hybridized carbons (Fsp3) is 0.471. The molecule has 1 aromatic rings. The maximum Gasteiger partial charge on any atom is 0.408 e. The van der Waals surface area contributed by atoms with Gasteiger partial charge in [0.05, 0.1) is 7.11 Å². The number of carbonyl (C=O) groups excluding carboxylic acids is 3. The second-order valence-corrected chi connectivity index (χ2v) is 5.65. The van der Waals surface area contributed by atoms with E-state index in [1.165, 1.54) is 7.11 Å². The number of hydrogen-bond acceptors (Lipinski definition) is 5. The van der Waals surface area contributed by atoms with E-state index >= 15 is 0 Å². The van der Waals surface area contributed by atoms with Crippen LogP contribution in [0.15, 0.2) is 30.3 Å². The van der Waals surface area contributed by atoms with E-state index in [4.69, 9.17) is 9.47 Å². The summed E-state index contributed by atoms with van der Waals surface area (Å²) in [4.78, 5) is 35.6. The molecule has 1 aromatic carbocycles. The summed E-state index contributed by atoms with van der Waals surface area (Å²) in [5.74, 6) is -1.02. The van der Waals surface area contributed by atoms with Crippen molar-refractivity contribution >= 4 is 18.0 Å². The highest BCUT2D eigenvalue weighted by molar-refractivity contribution is 5.84. The quantitative estimate of drug-likeness (QED) is 0.767. The lowest BCUT2D eigenvalue weighted by Crippen LogP contribution is -2.46. The van der Waals surface area contributed by atoms with E-state index in [1.807, 2.05) is 30.3 Å². The summed E-state index contributed by atoms with van der Waals surface area (Å²) in [5, 5.41) is 5.25. The van der Waals surface area contributed by atoms with Crippen LogP contribution >= 0.6 is 0 Å². The van der Waals surface area contributed by atoms with Crippen molar-refractivity contribution in [3.8, 4) is 0 Å². The summed E-state index contributed by atoms with van der Waals surface area (Å²) in [6.45, 7) is 0.745. The molecule has 1 aliphatic rings. The number of alkyl carbamates (subject to hydrolysis) is 1. The van der Waals surface area contributed by atoms with Gasteiger partial charge in [-0.3, -0.25) is 4.79 Å². The molecular formula is C17H22N2O5. The molecule has 0 saturated carbocycles. The van der Waals surface area contributed by atoms with Crippen LogP contribution in [0.2, 0.25) is 0 Å². The number of carbonyl (C=O) groups is 3. The van der Waals surface area contributed by atoms with Gasteiger partial charge in [0.1, 0.15) is 12.6 Å². The van der Waals surface area contributed by atoms with Crippen molar-refractivity contribution in [2.45, 2.75) is 31.9 Å². The predicted octanol–water partition coefficient (Wildman–Crippen LogP) is 1.37. The number of rotatable bonds is 6. The number of esters is 1. The van der Waals surface area contributed by atoms with Crippen LogP contribution in [-0.4, -0.2) is 37.7 Å². The van der Waals surface area contributed by atoms with Gasteiger partial charge in [0.15, 0.2) is 0 Å². The summed E-state index contributed by atoms with van der Waals surface area (Å²) >= 11 is 0. The lowest BCUT2D eigenvalue weighted by molar-refractivity contribution is -0.143. The minimum Gasteiger partial charge on any atom is -0.467 e. The normalized spacial score (nSPS) is 18.2. The van der Waals surface area contributed by atoms with E-state index < -0.39 is 18.1 Å². The number of nitrogens with one attached hydrogen (secondary N) is 2. The first kappa shape index (κ1) is 17.8. The molecule has 0 radical (unpaired) electrons. The molecule has 0 bridgehead atoms. The Morgan fingerprint density at radius 3 is 2.75 bits per heavy atom. The van der Waals surface area contributed by atoms with Gasteiger partial charge in [-0.05, 0) is 24.8 Å². The third-order valence-electron chi connectivity index (χ3n) is 3.91. The molecule has 2 rings (SSSR count). The third kappa shape index (κ3) is 5.26. The van der Waals surface area contributed by atoms with Gasteiger partial charge >= 0.3 is 12.1 Å². The molecule has 0 spiro atoms. The van der Waals surface area contributed by atoms with Gasteiger partial charge in [-0.1, -0.05) is 30.3 Å². The molecule has 2 N–H and O–H groups in total. The van der Waals surface area contributed by atoms with Crippen LogP contribution in [0, 0.1) is 5.92 Å². The van der Waals surface area contributed by atoms with Gasteiger partial charge in [-0.2, -0.15) is 0 Å². The molecule has 1 saturated heterocycles. The molecule has 1 fully saturated rings. The van der Waals surface area contributed by atoms with Crippen molar-refractivity contribution in [2.75, 3.05) is 13.7 Å². The van der Waals surface area contributed by atoms with Crippen molar-refractivity contribution in [1.82, 2.24) is 10.6 Å². The van der Waals surface area contributed by atoms with Crippen LogP contribution in [-0.2, 0) is 25.7 Å². The van der Waals surface area contributed by atoms with Crippen molar-refractivity contribution in [2.24, 2.45) is 5.92 Å². The summed E-state index contributed by atoms with van der Waals surface area (Å²) in [6, 6.07) is 8.30. The highest BCUT2D eigenvalue weighted by atomic mass is 16.6. The lowest BCUT2D eigenvalue weighted by atomic mass is 9.91. The molecule has 24 heavy (non-hydrogen) atoms. The molecule has 7 nitrogen and oxygen atoms in total. The van der Waals surface area contributed by atoms with E-state index in [-0.39, 0.29) is 24.9 Å². The fourth-order valence-electron chi connectivity index (χ4n) is 2.61. The molecule has 2 atom stereocenters. The zero-order chi connectivity index (χ0) is 17.4. The minimum atomic E-state index is -0.910. The minimum absolute atomic E-state index is 0.102. The van der Waals surface area contributed by atoms with Gasteiger partial charge in [0, 0.05) is 12.5 Å². The predicted molar refractivity (Wildman–Crippen MR) is 85.9 cm³/mol. The number of benzene rings is 1. The number of ether oxygens (including phenoxy) is 2. The van der Waals surface area contributed by atoms with Gasteiger partial charge in [-0.15, -0.1) is 0 Å². The van der Waals surface area contributed by atoms with Crippen LogP contribution in [0.1, 0.15) is 24.8 Å². The van der Waals surface area contributed by atoms with Gasteiger partial charge in [-0.25, -0.2) is 9.59 Å². The van der Waals surface area contributed by atoms with E-state index in [9.17, 15) is 14.4 Å². The first-order valence-corrected chi connectivity index (χ1v) is 7.93. The SMILES string of the molecule is COC(=O)C(C[C@@H]1CCCNC1=O)NC(=O)OCc1ccccc1. The van der Waals surface area contributed by atoms with Gasteiger partial charge < -0.3 is 20.1 Å².